The number of carbonyl (C=O) groups is 1. The molecule has 0 bridgehead atoms. The van der Waals surface area contributed by atoms with E-state index in [0.29, 0.717) is 12.1 Å². The molecule has 0 aliphatic heterocycles. The first-order valence-corrected chi connectivity index (χ1v) is 11.6. The lowest BCUT2D eigenvalue weighted by Gasteiger charge is -2.37. The predicted molar refractivity (Wildman–Crippen MR) is 124 cm³/mol. The van der Waals surface area contributed by atoms with Crippen LogP contribution in [0.15, 0.2) is 66.7 Å². The number of benzene rings is 3. The van der Waals surface area contributed by atoms with Crippen molar-refractivity contribution < 1.29 is 57.8 Å². The summed E-state index contributed by atoms with van der Waals surface area (Å²) in [6, 6.07) is 10.9. The Bertz CT molecular complexity index is 1350. The van der Waals surface area contributed by atoms with Gasteiger partial charge in [-0.05, 0) is 47.0 Å². The van der Waals surface area contributed by atoms with Crippen LogP contribution in [0.4, 0.5) is 48.3 Å². The lowest BCUT2D eigenvalue weighted by Crippen LogP contribution is -2.51. The summed E-state index contributed by atoms with van der Waals surface area (Å²) in [6.45, 7) is 0. The smallest absolute Gasteiger partial charge is 0.416 e. The van der Waals surface area contributed by atoms with E-state index in [-0.39, 0.29) is 17.2 Å². The van der Waals surface area contributed by atoms with Crippen molar-refractivity contribution in [1.82, 2.24) is 5.32 Å². The number of carbonyl (C=O) groups excluding carboxylic acids is 1. The van der Waals surface area contributed by atoms with Gasteiger partial charge in [-0.2, -0.15) is 39.5 Å². The van der Waals surface area contributed by atoms with E-state index in [2.05, 4.69) is 0 Å². The van der Waals surface area contributed by atoms with Crippen molar-refractivity contribution in [3.8, 4) is 5.75 Å². The van der Waals surface area contributed by atoms with Gasteiger partial charge in [-0.1, -0.05) is 36.4 Å². The first-order chi connectivity index (χ1) is 18.9. The van der Waals surface area contributed by atoms with Gasteiger partial charge in [0.05, 0.1) is 18.2 Å². The molecule has 0 saturated carbocycles. The third kappa shape index (κ3) is 7.47. The van der Waals surface area contributed by atoms with Gasteiger partial charge in [0.15, 0.2) is 17.5 Å². The fraction of sp³-hybridized carbons (Fsp3) is 0.296. The highest BCUT2D eigenvalue weighted by Crippen LogP contribution is 2.43. The molecule has 0 aromatic heterocycles. The second-order valence-electron chi connectivity index (χ2n) is 9.03. The average Bonchev–Trinajstić information content (AvgIpc) is 2.85. The fourth-order valence-electron chi connectivity index (χ4n) is 4.28. The van der Waals surface area contributed by atoms with Crippen LogP contribution in [0.5, 0.6) is 5.75 Å². The molecular formula is C27H20F11NO2. The molecule has 0 unspecified atom stereocenters. The monoisotopic (exact) mass is 599 g/mol. The quantitative estimate of drug-likeness (QED) is 0.269. The Morgan fingerprint density at radius 1 is 0.780 bits per heavy atom. The predicted octanol–water partition coefficient (Wildman–Crippen LogP) is 7.73. The zero-order valence-corrected chi connectivity index (χ0v) is 20.8. The maximum atomic E-state index is 14.6. The molecule has 0 radical (unpaired) electrons. The standard InChI is InChI=1S/C27H20F11NO2/c1-41-21-12-16(7-8-20(21)29)24(14-15-5-3-2-4-6-15,17-9-18(25(30,31)32)11-19(28)10-17)39-23(40)13-22(26(33,34)35)27(36,37)38/h2-12,22H,13-14H2,1H3,(H,39,40)/t24-/m1/s1. The van der Waals surface area contributed by atoms with Crippen LogP contribution in [0, 0.1) is 17.6 Å². The molecule has 3 aromatic rings. The Hall–Kier alpha value is -3.84. The van der Waals surface area contributed by atoms with Gasteiger partial charge in [0.1, 0.15) is 5.82 Å². The summed E-state index contributed by atoms with van der Waals surface area (Å²) in [5, 5.41) is 2.01. The fourth-order valence-corrected chi connectivity index (χ4v) is 4.28. The molecule has 3 rings (SSSR count). The van der Waals surface area contributed by atoms with Crippen LogP contribution in [0.2, 0.25) is 0 Å². The number of hydrogen-bond donors (Lipinski definition) is 1. The molecule has 1 amide bonds. The highest BCUT2D eigenvalue weighted by atomic mass is 19.4. The molecule has 0 aliphatic rings. The van der Waals surface area contributed by atoms with Crippen molar-refractivity contribution in [3.63, 3.8) is 0 Å². The normalized spacial score (nSPS) is 14.1. The van der Waals surface area contributed by atoms with Gasteiger partial charge >= 0.3 is 18.5 Å². The third-order valence-corrected chi connectivity index (χ3v) is 6.21. The Labute approximate surface area is 225 Å². The van der Waals surface area contributed by atoms with Gasteiger partial charge in [0.2, 0.25) is 5.91 Å². The number of amides is 1. The van der Waals surface area contributed by atoms with Crippen molar-refractivity contribution >= 4 is 5.91 Å². The first-order valence-electron chi connectivity index (χ1n) is 11.6. The molecule has 14 heteroatoms. The molecule has 0 aliphatic carbocycles. The number of ether oxygens (including phenoxy) is 1. The molecule has 0 heterocycles. The van der Waals surface area contributed by atoms with E-state index >= 15 is 0 Å². The molecule has 0 spiro atoms. The lowest BCUT2D eigenvalue weighted by molar-refractivity contribution is -0.284. The van der Waals surface area contributed by atoms with Gasteiger partial charge in [0.25, 0.3) is 0 Å². The minimum absolute atomic E-state index is 0.118. The molecule has 1 atom stereocenters. The largest absolute Gasteiger partial charge is 0.494 e. The minimum Gasteiger partial charge on any atom is -0.494 e. The van der Waals surface area contributed by atoms with E-state index in [0.717, 1.165) is 25.3 Å². The molecule has 3 nitrogen and oxygen atoms in total. The van der Waals surface area contributed by atoms with Gasteiger partial charge in [0, 0.05) is 12.8 Å². The summed E-state index contributed by atoms with van der Waals surface area (Å²) < 4.78 is 154. The van der Waals surface area contributed by atoms with Crippen LogP contribution >= 0.6 is 0 Å². The van der Waals surface area contributed by atoms with E-state index in [1.807, 2.05) is 5.32 Å². The third-order valence-electron chi connectivity index (χ3n) is 6.21. The van der Waals surface area contributed by atoms with E-state index in [1.54, 1.807) is 0 Å². The number of hydrogen-bond acceptors (Lipinski definition) is 2. The second kappa shape index (κ2) is 11.6. The van der Waals surface area contributed by atoms with Gasteiger partial charge in [-0.3, -0.25) is 4.79 Å². The number of halogens is 11. The van der Waals surface area contributed by atoms with Crippen LogP contribution in [-0.2, 0) is 22.9 Å². The summed E-state index contributed by atoms with van der Waals surface area (Å²) >= 11 is 0. The Balaban J connectivity index is 2.33. The lowest BCUT2D eigenvalue weighted by atomic mass is 9.77. The molecule has 0 saturated heterocycles. The first kappa shape index (κ1) is 31.7. The van der Waals surface area contributed by atoms with Crippen LogP contribution in [-0.4, -0.2) is 25.4 Å². The van der Waals surface area contributed by atoms with Crippen LogP contribution in [0.3, 0.4) is 0 Å². The van der Waals surface area contributed by atoms with Gasteiger partial charge < -0.3 is 10.1 Å². The molecule has 1 N–H and O–H groups in total. The van der Waals surface area contributed by atoms with Crippen molar-refractivity contribution in [2.24, 2.45) is 5.92 Å². The SMILES string of the molecule is COc1cc([C@@](Cc2ccccc2)(NC(=O)CC(C(F)(F)F)C(F)(F)F)c2cc(F)cc(C(F)(F)F)c2)ccc1F. The number of nitrogens with one attached hydrogen (secondary N) is 1. The van der Waals surface area contributed by atoms with Gasteiger partial charge in [-0.25, -0.2) is 8.78 Å². The van der Waals surface area contributed by atoms with Crippen molar-refractivity contribution in [1.29, 1.82) is 0 Å². The van der Waals surface area contributed by atoms with Gasteiger partial charge in [-0.15, -0.1) is 0 Å². The molecule has 0 fully saturated rings. The van der Waals surface area contributed by atoms with E-state index in [1.165, 1.54) is 30.3 Å². The molecule has 3 aromatic carbocycles. The summed E-state index contributed by atoms with van der Waals surface area (Å²) in [4.78, 5) is 13.0. The summed E-state index contributed by atoms with van der Waals surface area (Å²) in [6.07, 6.45) is -19.7. The van der Waals surface area contributed by atoms with Crippen molar-refractivity contribution in [3.05, 3.63) is 101 Å². The zero-order valence-electron chi connectivity index (χ0n) is 20.8. The van der Waals surface area contributed by atoms with Crippen molar-refractivity contribution in [2.75, 3.05) is 7.11 Å². The second-order valence-corrected chi connectivity index (χ2v) is 9.03. The average molecular weight is 599 g/mol. The Kier molecular flexibility index (Phi) is 8.94. The number of alkyl halides is 9. The maximum absolute atomic E-state index is 14.6. The molecule has 41 heavy (non-hydrogen) atoms. The topological polar surface area (TPSA) is 38.3 Å². The summed E-state index contributed by atoms with van der Waals surface area (Å²) in [5.74, 6) is -8.98. The summed E-state index contributed by atoms with van der Waals surface area (Å²) in [7, 11) is 1.01. The minimum atomic E-state index is -5.90. The molecule has 222 valence electrons. The van der Waals surface area contributed by atoms with Crippen LogP contribution in [0.1, 0.15) is 28.7 Å². The van der Waals surface area contributed by atoms with Crippen LogP contribution < -0.4 is 10.1 Å². The Morgan fingerprint density at radius 2 is 1.37 bits per heavy atom. The zero-order chi connectivity index (χ0) is 30.8. The van der Waals surface area contributed by atoms with E-state index in [9.17, 15) is 53.1 Å². The highest BCUT2D eigenvalue weighted by Gasteiger charge is 2.57. The Morgan fingerprint density at radius 3 is 1.90 bits per heavy atom. The number of rotatable bonds is 8. The van der Waals surface area contributed by atoms with Crippen molar-refractivity contribution in [2.45, 2.75) is 36.9 Å². The van der Waals surface area contributed by atoms with E-state index in [4.69, 9.17) is 4.74 Å². The van der Waals surface area contributed by atoms with Crippen LogP contribution in [0.25, 0.3) is 0 Å². The number of methoxy groups -OCH3 is 1. The highest BCUT2D eigenvalue weighted by molar-refractivity contribution is 5.78. The van der Waals surface area contributed by atoms with E-state index < -0.39 is 77.2 Å². The summed E-state index contributed by atoms with van der Waals surface area (Å²) in [5.41, 5.74) is -4.79. The molecular weight excluding hydrogens is 579 g/mol. The maximum Gasteiger partial charge on any atom is 0.416 e.